The van der Waals surface area contributed by atoms with Gasteiger partial charge in [0.1, 0.15) is 17.9 Å². The van der Waals surface area contributed by atoms with Crippen molar-refractivity contribution in [2.45, 2.75) is 20.5 Å². The summed E-state index contributed by atoms with van der Waals surface area (Å²) in [5.74, 6) is 1.51. The van der Waals surface area contributed by atoms with Crippen LogP contribution < -0.4 is 10.3 Å². The second kappa shape index (κ2) is 11.8. The van der Waals surface area contributed by atoms with E-state index in [0.717, 1.165) is 39.3 Å². The number of fused-ring (bicyclic) bond motifs is 2. The van der Waals surface area contributed by atoms with E-state index in [1.165, 1.54) is 4.68 Å². The molecule has 0 aliphatic heterocycles. The summed E-state index contributed by atoms with van der Waals surface area (Å²) in [4.78, 5) is 18.5. The van der Waals surface area contributed by atoms with Gasteiger partial charge < -0.3 is 13.7 Å². The SMILES string of the molecule is Cc1cc(C=Nn2c(-c3cc4ccccc4o3)nc3ccccc3c2=O)c(C)n1-c1ccc(OCc2ccc(Cl)cc2Cl)cc1. The van der Waals surface area contributed by atoms with Crippen molar-refractivity contribution in [1.29, 1.82) is 0 Å². The molecule has 9 heteroatoms. The van der Waals surface area contributed by atoms with E-state index in [4.69, 9.17) is 37.3 Å². The van der Waals surface area contributed by atoms with Gasteiger partial charge in [0.15, 0.2) is 5.76 Å². The molecule has 0 spiro atoms. The summed E-state index contributed by atoms with van der Waals surface area (Å²) in [6.07, 6.45) is 1.69. The number of benzene rings is 4. The fourth-order valence-electron chi connectivity index (χ4n) is 5.41. The normalized spacial score (nSPS) is 11.6. The summed E-state index contributed by atoms with van der Waals surface area (Å²) in [6.45, 7) is 4.38. The molecule has 0 aliphatic carbocycles. The molecule has 0 aliphatic rings. The highest BCUT2D eigenvalue weighted by molar-refractivity contribution is 6.35. The lowest BCUT2D eigenvalue weighted by Crippen LogP contribution is -2.20. The summed E-state index contributed by atoms with van der Waals surface area (Å²) in [5, 5.41) is 7.21. The number of aromatic nitrogens is 3. The monoisotopic (exact) mass is 632 g/mol. The number of aryl methyl sites for hydroxylation is 1. The number of nitrogens with zero attached hydrogens (tertiary/aromatic N) is 4. The zero-order valence-electron chi connectivity index (χ0n) is 24.4. The molecule has 0 bridgehead atoms. The summed E-state index contributed by atoms with van der Waals surface area (Å²) in [6, 6.07) is 32.0. The highest BCUT2D eigenvalue weighted by Gasteiger charge is 2.17. The van der Waals surface area contributed by atoms with Gasteiger partial charge in [0.05, 0.1) is 17.1 Å². The molecule has 0 atom stereocenters. The van der Waals surface area contributed by atoms with Gasteiger partial charge in [0.25, 0.3) is 5.56 Å². The molecule has 0 saturated heterocycles. The maximum Gasteiger partial charge on any atom is 0.282 e. The van der Waals surface area contributed by atoms with Gasteiger partial charge in [-0.3, -0.25) is 4.79 Å². The lowest BCUT2D eigenvalue weighted by molar-refractivity contribution is 0.306. The van der Waals surface area contributed by atoms with Crippen LogP contribution in [0.15, 0.2) is 117 Å². The Bertz CT molecular complexity index is 2270. The smallest absolute Gasteiger partial charge is 0.282 e. The number of hydrogen-bond acceptors (Lipinski definition) is 5. The fraction of sp³-hybridized carbons (Fsp3) is 0.0833. The standard InChI is InChI=1S/C36H26Cl2N4O3/c1-22-17-26(23(2)41(22)28-13-15-29(16-14-28)44-21-25-11-12-27(37)19-31(25)38)20-39-42-35(34-18-24-7-3-6-10-33(24)45-34)40-32-9-5-4-8-30(32)36(42)43/h3-20H,21H2,1-2H3. The van der Waals surface area contributed by atoms with Gasteiger partial charge in [-0.25, -0.2) is 4.98 Å². The van der Waals surface area contributed by atoms with Crippen molar-refractivity contribution in [1.82, 2.24) is 14.2 Å². The van der Waals surface area contributed by atoms with Crippen molar-refractivity contribution in [3.05, 3.63) is 146 Å². The van der Waals surface area contributed by atoms with Crippen molar-refractivity contribution in [2.75, 3.05) is 0 Å². The van der Waals surface area contributed by atoms with Gasteiger partial charge in [0.2, 0.25) is 5.82 Å². The first kappa shape index (κ1) is 28.6. The Morgan fingerprint density at radius 1 is 0.911 bits per heavy atom. The van der Waals surface area contributed by atoms with Crippen LogP contribution in [0.2, 0.25) is 10.0 Å². The molecule has 0 fully saturated rings. The van der Waals surface area contributed by atoms with Crippen molar-refractivity contribution in [2.24, 2.45) is 5.10 Å². The predicted octanol–water partition coefficient (Wildman–Crippen LogP) is 8.99. The van der Waals surface area contributed by atoms with E-state index in [2.05, 4.69) is 9.67 Å². The Morgan fingerprint density at radius 3 is 2.49 bits per heavy atom. The van der Waals surface area contributed by atoms with Crippen LogP contribution >= 0.6 is 23.2 Å². The minimum atomic E-state index is -0.281. The average molecular weight is 634 g/mol. The molecule has 7 aromatic rings. The number of rotatable bonds is 7. The Hall–Kier alpha value is -5.11. The Morgan fingerprint density at radius 2 is 1.69 bits per heavy atom. The van der Waals surface area contributed by atoms with Gasteiger partial charge in [-0.1, -0.05) is 59.6 Å². The summed E-state index contributed by atoms with van der Waals surface area (Å²) in [7, 11) is 0. The zero-order valence-corrected chi connectivity index (χ0v) is 25.9. The minimum Gasteiger partial charge on any atom is -0.489 e. The second-order valence-electron chi connectivity index (χ2n) is 10.6. The van der Waals surface area contributed by atoms with Crippen LogP contribution in [0.5, 0.6) is 5.75 Å². The first-order valence-corrected chi connectivity index (χ1v) is 15.0. The molecule has 7 rings (SSSR count). The van der Waals surface area contributed by atoms with E-state index < -0.39 is 0 Å². The van der Waals surface area contributed by atoms with Crippen LogP contribution in [0.25, 0.3) is 39.1 Å². The van der Waals surface area contributed by atoms with Crippen LogP contribution in [0.3, 0.4) is 0 Å². The number of furan rings is 1. The van der Waals surface area contributed by atoms with Gasteiger partial charge in [-0.05, 0) is 80.6 Å². The van der Waals surface area contributed by atoms with Crippen molar-refractivity contribution in [3.63, 3.8) is 0 Å². The van der Waals surface area contributed by atoms with Crippen LogP contribution in [0.4, 0.5) is 0 Å². The molecule has 7 nitrogen and oxygen atoms in total. The molecule has 4 aromatic carbocycles. The Kier molecular flexibility index (Phi) is 7.49. The lowest BCUT2D eigenvalue weighted by Gasteiger charge is -2.12. The largest absolute Gasteiger partial charge is 0.489 e. The maximum absolute atomic E-state index is 13.7. The van der Waals surface area contributed by atoms with Gasteiger partial charge in [-0.2, -0.15) is 9.78 Å². The predicted molar refractivity (Wildman–Crippen MR) is 180 cm³/mol. The van der Waals surface area contributed by atoms with Crippen LogP contribution in [0.1, 0.15) is 22.5 Å². The van der Waals surface area contributed by atoms with Crippen molar-refractivity contribution >= 4 is 51.3 Å². The molecular weight excluding hydrogens is 607 g/mol. The number of hydrogen-bond donors (Lipinski definition) is 0. The molecule has 0 amide bonds. The summed E-state index contributed by atoms with van der Waals surface area (Å²) >= 11 is 12.3. The van der Waals surface area contributed by atoms with Gasteiger partial charge in [-0.15, -0.1) is 0 Å². The summed E-state index contributed by atoms with van der Waals surface area (Å²) < 4.78 is 15.5. The molecule has 222 valence electrons. The van der Waals surface area contributed by atoms with Crippen LogP contribution in [-0.4, -0.2) is 20.4 Å². The summed E-state index contributed by atoms with van der Waals surface area (Å²) in [5.41, 5.74) is 5.66. The highest BCUT2D eigenvalue weighted by atomic mass is 35.5. The van der Waals surface area contributed by atoms with E-state index >= 15 is 0 Å². The maximum atomic E-state index is 13.7. The third-order valence-corrected chi connectivity index (χ3v) is 8.27. The van der Waals surface area contributed by atoms with Crippen LogP contribution in [-0.2, 0) is 6.61 Å². The first-order valence-electron chi connectivity index (χ1n) is 14.3. The quantitative estimate of drug-likeness (QED) is 0.164. The minimum absolute atomic E-state index is 0.281. The van der Waals surface area contributed by atoms with E-state index in [-0.39, 0.29) is 5.56 Å². The van der Waals surface area contributed by atoms with E-state index in [1.54, 1.807) is 24.4 Å². The van der Waals surface area contributed by atoms with E-state index in [1.807, 2.05) is 98.8 Å². The second-order valence-corrected chi connectivity index (χ2v) is 11.5. The lowest BCUT2D eigenvalue weighted by atomic mass is 10.2. The zero-order chi connectivity index (χ0) is 31.1. The molecular formula is C36H26Cl2N4O3. The molecule has 45 heavy (non-hydrogen) atoms. The highest BCUT2D eigenvalue weighted by Crippen LogP contribution is 2.28. The van der Waals surface area contributed by atoms with Gasteiger partial charge >= 0.3 is 0 Å². The molecule has 0 radical (unpaired) electrons. The Balaban J connectivity index is 1.20. The number of para-hydroxylation sites is 2. The molecule has 3 heterocycles. The third-order valence-electron chi connectivity index (χ3n) is 7.69. The molecule has 3 aromatic heterocycles. The first-order chi connectivity index (χ1) is 21.9. The molecule has 0 saturated carbocycles. The Labute approximate surface area is 268 Å². The number of ether oxygens (including phenoxy) is 1. The van der Waals surface area contributed by atoms with E-state index in [9.17, 15) is 4.79 Å². The van der Waals surface area contributed by atoms with Crippen LogP contribution in [0, 0.1) is 13.8 Å². The fourth-order valence-corrected chi connectivity index (χ4v) is 5.87. The third kappa shape index (κ3) is 5.52. The molecule has 0 N–H and O–H groups in total. The topological polar surface area (TPSA) is 74.5 Å². The molecule has 0 unspecified atom stereocenters. The van der Waals surface area contributed by atoms with E-state index in [0.29, 0.717) is 44.7 Å². The average Bonchev–Trinajstić information content (AvgIpc) is 3.60. The van der Waals surface area contributed by atoms with Crippen molar-refractivity contribution < 1.29 is 9.15 Å². The van der Waals surface area contributed by atoms with Gasteiger partial charge in [0, 0.05) is 43.6 Å². The van der Waals surface area contributed by atoms with Crippen molar-refractivity contribution in [3.8, 4) is 23.0 Å². The number of halogens is 2.